The van der Waals surface area contributed by atoms with Crippen molar-refractivity contribution in [3.05, 3.63) is 5.82 Å². The van der Waals surface area contributed by atoms with E-state index in [1.54, 1.807) is 0 Å². The molecule has 124 valence electrons. The molecule has 0 spiro atoms. The Morgan fingerprint density at radius 3 is 2.55 bits per heavy atom. The molecule has 0 unspecified atom stereocenters. The number of nitrogens with zero attached hydrogens (tertiary/aromatic N) is 3. The van der Waals surface area contributed by atoms with E-state index in [2.05, 4.69) is 40.9 Å². The summed E-state index contributed by atoms with van der Waals surface area (Å²) >= 11 is 1.49. The number of carbonyl (C=O) groups excluding carboxylic acids is 1. The van der Waals surface area contributed by atoms with Crippen molar-refractivity contribution in [1.29, 1.82) is 0 Å². The van der Waals surface area contributed by atoms with Gasteiger partial charge in [-0.2, -0.15) is 0 Å². The smallest absolute Gasteiger partial charge is 0.230 e. The second kappa shape index (κ2) is 8.56. The second-order valence-electron chi connectivity index (χ2n) is 6.28. The van der Waals surface area contributed by atoms with Crippen LogP contribution in [0.3, 0.4) is 0 Å². The van der Waals surface area contributed by atoms with E-state index >= 15 is 0 Å². The summed E-state index contributed by atoms with van der Waals surface area (Å²) in [5.74, 6) is 1.89. The molecule has 0 bridgehead atoms. The minimum Gasteiger partial charge on any atom is -0.353 e. The fraction of sp³-hybridized carbons (Fsp3) is 0.812. The number of aromatic nitrogens is 3. The topological polar surface area (TPSA) is 59.8 Å². The Morgan fingerprint density at radius 2 is 1.95 bits per heavy atom. The molecule has 6 heteroatoms. The molecule has 1 aliphatic carbocycles. The number of hydrogen-bond acceptors (Lipinski definition) is 4. The van der Waals surface area contributed by atoms with Gasteiger partial charge >= 0.3 is 0 Å². The van der Waals surface area contributed by atoms with Crippen LogP contribution in [-0.4, -0.2) is 32.5 Å². The van der Waals surface area contributed by atoms with E-state index in [4.69, 9.17) is 0 Å². The van der Waals surface area contributed by atoms with Crippen LogP contribution in [0.15, 0.2) is 5.16 Å². The van der Waals surface area contributed by atoms with Crippen molar-refractivity contribution in [2.75, 3.05) is 5.75 Å². The summed E-state index contributed by atoms with van der Waals surface area (Å²) in [5, 5.41) is 12.5. The largest absolute Gasteiger partial charge is 0.353 e. The van der Waals surface area contributed by atoms with Gasteiger partial charge in [0, 0.05) is 18.5 Å². The monoisotopic (exact) mass is 324 g/mol. The lowest BCUT2D eigenvalue weighted by molar-refractivity contribution is -0.119. The van der Waals surface area contributed by atoms with Crippen molar-refractivity contribution in [3.63, 3.8) is 0 Å². The fourth-order valence-electron chi connectivity index (χ4n) is 2.95. The van der Waals surface area contributed by atoms with Crippen molar-refractivity contribution in [1.82, 2.24) is 20.1 Å². The van der Waals surface area contributed by atoms with E-state index in [0.29, 0.717) is 17.7 Å². The molecule has 0 radical (unpaired) electrons. The molecule has 1 fully saturated rings. The summed E-state index contributed by atoms with van der Waals surface area (Å²) in [7, 11) is 0. The molecule has 1 N–H and O–H groups in total. The number of rotatable bonds is 6. The Kier molecular flexibility index (Phi) is 6.73. The average molecular weight is 324 g/mol. The van der Waals surface area contributed by atoms with E-state index in [0.717, 1.165) is 30.4 Å². The number of carbonyl (C=O) groups is 1. The molecular weight excluding hydrogens is 296 g/mol. The van der Waals surface area contributed by atoms with Crippen LogP contribution in [0, 0.1) is 0 Å². The summed E-state index contributed by atoms with van der Waals surface area (Å²) in [5.41, 5.74) is 0. The van der Waals surface area contributed by atoms with Crippen LogP contribution in [0.4, 0.5) is 0 Å². The standard InChI is InChI=1S/C16H28N4OS/c1-4-20-15(12(2)3)18-19-16(20)22-11-14(21)17-13-9-7-5-6-8-10-13/h12-13H,4-11H2,1-3H3,(H,17,21). The third-order valence-electron chi connectivity index (χ3n) is 4.13. The molecule has 0 saturated heterocycles. The highest BCUT2D eigenvalue weighted by molar-refractivity contribution is 7.99. The summed E-state index contributed by atoms with van der Waals surface area (Å²) in [6.07, 6.45) is 7.33. The van der Waals surface area contributed by atoms with E-state index in [9.17, 15) is 4.79 Å². The quantitative estimate of drug-likeness (QED) is 0.644. The van der Waals surface area contributed by atoms with Crippen molar-refractivity contribution in [2.45, 2.75) is 83.0 Å². The van der Waals surface area contributed by atoms with Crippen LogP contribution in [0.25, 0.3) is 0 Å². The Hall–Kier alpha value is -1.04. The average Bonchev–Trinajstić information content (AvgIpc) is 2.74. The minimum atomic E-state index is 0.119. The molecule has 1 heterocycles. The first-order valence-electron chi connectivity index (χ1n) is 8.47. The lowest BCUT2D eigenvalue weighted by atomic mass is 10.1. The zero-order valence-corrected chi connectivity index (χ0v) is 14.8. The molecule has 0 aliphatic heterocycles. The van der Waals surface area contributed by atoms with Gasteiger partial charge in [0.1, 0.15) is 5.82 Å². The molecule has 5 nitrogen and oxygen atoms in total. The van der Waals surface area contributed by atoms with Gasteiger partial charge in [-0.05, 0) is 19.8 Å². The molecule has 2 rings (SSSR count). The summed E-state index contributed by atoms with van der Waals surface area (Å²) in [6, 6.07) is 0.367. The van der Waals surface area contributed by atoms with Crippen molar-refractivity contribution >= 4 is 17.7 Å². The number of hydrogen-bond donors (Lipinski definition) is 1. The SMILES string of the molecule is CCn1c(SCC(=O)NC2CCCCCC2)nnc1C(C)C. The molecule has 0 atom stereocenters. The van der Waals surface area contributed by atoms with Crippen LogP contribution in [0.2, 0.25) is 0 Å². The lowest BCUT2D eigenvalue weighted by Crippen LogP contribution is -2.35. The predicted octanol–water partition coefficient (Wildman–Crippen LogP) is 3.35. The molecule has 22 heavy (non-hydrogen) atoms. The van der Waals surface area contributed by atoms with Crippen LogP contribution in [-0.2, 0) is 11.3 Å². The highest BCUT2D eigenvalue weighted by Gasteiger charge is 2.17. The van der Waals surface area contributed by atoms with E-state index in [1.807, 2.05) is 0 Å². The molecule has 1 saturated carbocycles. The first-order valence-corrected chi connectivity index (χ1v) is 9.45. The Morgan fingerprint density at radius 1 is 1.27 bits per heavy atom. The minimum absolute atomic E-state index is 0.119. The summed E-state index contributed by atoms with van der Waals surface area (Å²) < 4.78 is 2.11. The van der Waals surface area contributed by atoms with Gasteiger partial charge in [0.05, 0.1) is 5.75 Å². The Labute approximate surface area is 137 Å². The first-order chi connectivity index (χ1) is 10.6. The fourth-order valence-corrected chi connectivity index (χ4v) is 3.77. The van der Waals surface area contributed by atoms with Gasteiger partial charge in [-0.1, -0.05) is 51.3 Å². The lowest BCUT2D eigenvalue weighted by Gasteiger charge is -2.16. The van der Waals surface area contributed by atoms with Crippen LogP contribution < -0.4 is 5.32 Å². The van der Waals surface area contributed by atoms with Gasteiger partial charge in [-0.15, -0.1) is 10.2 Å². The molecule has 0 aromatic carbocycles. The summed E-state index contributed by atoms with van der Waals surface area (Å²) in [6.45, 7) is 7.16. The number of thioether (sulfide) groups is 1. The normalized spacial score (nSPS) is 16.7. The third kappa shape index (κ3) is 4.73. The van der Waals surface area contributed by atoms with Crippen molar-refractivity contribution in [3.8, 4) is 0 Å². The van der Waals surface area contributed by atoms with Crippen LogP contribution in [0.5, 0.6) is 0 Å². The molecule has 1 aromatic rings. The number of amides is 1. The van der Waals surface area contributed by atoms with Crippen molar-refractivity contribution in [2.24, 2.45) is 0 Å². The Balaban J connectivity index is 1.85. The molecule has 1 aromatic heterocycles. The van der Waals surface area contributed by atoms with E-state index < -0.39 is 0 Å². The third-order valence-corrected chi connectivity index (χ3v) is 5.10. The number of nitrogens with one attached hydrogen (secondary N) is 1. The maximum absolute atomic E-state index is 12.1. The van der Waals surface area contributed by atoms with E-state index in [1.165, 1.54) is 37.4 Å². The van der Waals surface area contributed by atoms with Gasteiger partial charge in [0.15, 0.2) is 5.16 Å². The zero-order chi connectivity index (χ0) is 15.9. The predicted molar refractivity (Wildman–Crippen MR) is 90.1 cm³/mol. The summed E-state index contributed by atoms with van der Waals surface area (Å²) in [4.78, 5) is 12.1. The highest BCUT2D eigenvalue weighted by atomic mass is 32.2. The van der Waals surface area contributed by atoms with E-state index in [-0.39, 0.29) is 5.91 Å². The zero-order valence-electron chi connectivity index (χ0n) is 14.0. The molecule has 1 aliphatic rings. The van der Waals surface area contributed by atoms with Crippen LogP contribution in [0.1, 0.15) is 71.0 Å². The molecular formula is C16H28N4OS. The van der Waals surface area contributed by atoms with Crippen LogP contribution >= 0.6 is 11.8 Å². The van der Waals surface area contributed by atoms with Gasteiger partial charge < -0.3 is 9.88 Å². The molecule has 1 amide bonds. The van der Waals surface area contributed by atoms with Crippen molar-refractivity contribution < 1.29 is 4.79 Å². The van der Waals surface area contributed by atoms with Gasteiger partial charge in [0.2, 0.25) is 5.91 Å². The first kappa shape index (κ1) is 17.3. The second-order valence-corrected chi connectivity index (χ2v) is 7.23. The maximum atomic E-state index is 12.1. The maximum Gasteiger partial charge on any atom is 0.230 e. The van der Waals surface area contributed by atoms with Gasteiger partial charge in [0.25, 0.3) is 0 Å². The highest BCUT2D eigenvalue weighted by Crippen LogP contribution is 2.21. The van der Waals surface area contributed by atoms with Gasteiger partial charge in [-0.25, -0.2) is 0 Å². The van der Waals surface area contributed by atoms with Gasteiger partial charge in [-0.3, -0.25) is 4.79 Å². The Bertz CT molecular complexity index is 478.